The molecule has 3 fully saturated rings. The standard InChI is InChI=1S/C108H112N8O16S5/c1-60-40-43-83(126-57-66-51-103(7,8)130-104(9,10)52-66)91-75(100(117)115-136(122,123)73-33-25-29-70(47-73)110-79-36-27-39-88-90(79)65(6)99(134-88)82-50-77(101(118)114-135(120,121)71-30-20-19-21-31-71)93-85(45-42-62(3)96(93)113-82)128-59-68-55-107(15,16)132-108(17,18)56-68)48-80(111-94(60)91)97-64(5)89-78(35-26-37-86(89)129-97)109-69-28-24-32-72(46-69)137(124,125)116-102(119)76-49-81(98-63(4)74-34-22-23-38-87(74)133-98)112-95-61(2)41-44-84(92(76)95)127-58-67-53-105(11,12)131-106(13,14)54-67/h19-50,66-68,109-110H,51-59H2,1-18H3,(H,114,118)(H,115,117)(H,116,119). The summed E-state index contributed by atoms with van der Waals surface area (Å²) in [4.78, 5) is 62.6. The van der Waals surface area contributed by atoms with Crippen LogP contribution in [-0.4, -0.2) is 111 Å². The van der Waals surface area contributed by atoms with Crippen molar-refractivity contribution in [2.75, 3.05) is 30.5 Å². The summed E-state index contributed by atoms with van der Waals surface area (Å²) in [5, 5.41) is 10.3. The van der Waals surface area contributed by atoms with Crippen LogP contribution in [0.25, 0.3) is 96.4 Å². The summed E-state index contributed by atoms with van der Waals surface area (Å²) < 4.78 is 144. The van der Waals surface area contributed by atoms with Crippen molar-refractivity contribution in [2.24, 2.45) is 17.8 Å². The molecule has 18 rings (SSSR count). The molecule has 5 N–H and O–H groups in total. The number of sulfonamides is 3. The molecule has 29 heteroatoms. The topological polar surface area (TPSA) is 321 Å². The molecule has 0 unspecified atom stereocenters. The van der Waals surface area contributed by atoms with Gasteiger partial charge in [0.05, 0.1) is 139 Å². The first kappa shape index (κ1) is 95.1. The van der Waals surface area contributed by atoms with Crippen LogP contribution in [0.5, 0.6) is 17.2 Å². The summed E-state index contributed by atoms with van der Waals surface area (Å²) in [6.07, 6.45) is 4.27. The molecule has 0 atom stereocenters. The van der Waals surface area contributed by atoms with Crippen LogP contribution in [0.2, 0.25) is 0 Å². The number of hydrogen-bond acceptors (Lipinski definition) is 23. The lowest BCUT2D eigenvalue weighted by atomic mass is 9.81. The fourth-order valence-electron chi connectivity index (χ4n) is 21.3. The second kappa shape index (κ2) is 35.7. The van der Waals surface area contributed by atoms with Gasteiger partial charge in [0.1, 0.15) is 28.5 Å². The Balaban J connectivity index is 0.649. The number of aromatic nitrogens is 3. The lowest BCUT2D eigenvalue weighted by Crippen LogP contribution is -2.46. The molecule has 0 radical (unpaired) electrons. The number of rotatable bonds is 25. The molecule has 9 aromatic carbocycles. The van der Waals surface area contributed by atoms with E-state index in [1.165, 1.54) is 53.8 Å². The predicted molar refractivity (Wildman–Crippen MR) is 543 cm³/mol. The molecule has 9 heterocycles. The van der Waals surface area contributed by atoms with Crippen molar-refractivity contribution < 1.29 is 72.5 Å². The zero-order valence-corrected chi connectivity index (χ0v) is 84.1. The van der Waals surface area contributed by atoms with E-state index in [0.29, 0.717) is 137 Å². The van der Waals surface area contributed by atoms with Gasteiger partial charge in [-0.1, -0.05) is 78.9 Å². The van der Waals surface area contributed by atoms with Crippen molar-refractivity contribution in [2.45, 2.75) is 211 Å². The van der Waals surface area contributed by atoms with Gasteiger partial charge in [-0.05, 0) is 329 Å². The van der Waals surface area contributed by atoms with Gasteiger partial charge < -0.3 is 43.5 Å². The fraction of sp³-hybridized carbons (Fsp3) is 0.333. The smallest absolute Gasteiger partial charge is 0.265 e. The Hall–Kier alpha value is -12.2. The minimum absolute atomic E-state index is 0.0185. The van der Waals surface area contributed by atoms with Crippen molar-refractivity contribution in [3.05, 3.63) is 244 Å². The van der Waals surface area contributed by atoms with E-state index >= 15 is 26.4 Å². The number of pyridine rings is 3. The number of carbonyl (C=O) groups excluding carboxylic acids is 3. The van der Waals surface area contributed by atoms with Crippen LogP contribution in [-0.2, 0) is 44.3 Å². The lowest BCUT2D eigenvalue weighted by molar-refractivity contribution is -0.176. The molecule has 0 spiro atoms. The highest BCUT2D eigenvalue weighted by Gasteiger charge is 2.44. The molecule has 0 saturated carbocycles. The number of nitrogens with zero attached hydrogens (tertiary/aromatic N) is 3. The molecule has 0 aliphatic carbocycles. The largest absolute Gasteiger partial charge is 0.493 e. The highest BCUT2D eigenvalue weighted by atomic mass is 32.2. The van der Waals surface area contributed by atoms with Gasteiger partial charge >= 0.3 is 0 Å². The SMILES string of the molecule is Cc1c(-c2cc(C(=O)NS(=O)(=O)c3cccc(Nc4cccc5oc(-c6cc(C(=O)NS(=O)(=O)c7cccc(Nc8cccc9sc(-c%10cc(C(=O)NS(=O)(=O)c%11ccccc%11)c%11c(OCC%12CC(C)(C)OC(C)(C)C%12)ccc(C)c%11n%10)c(C)c89)c7)c7c(OCC8CC(C)(C)OC(C)(C)C8)ccc(C)c7n6)c(C)c45)c3)c3c(OCC4CC(C)(C)OC(C)(C)C4)ccc(C)c3n2)sc2ccccc12. The maximum absolute atomic E-state index is 15.7. The Kier molecular flexibility index (Phi) is 24.8. The van der Waals surface area contributed by atoms with Crippen LogP contribution >= 0.6 is 22.7 Å². The highest BCUT2D eigenvalue weighted by molar-refractivity contribution is 7.90. The number of ether oxygens (including phenoxy) is 6. The van der Waals surface area contributed by atoms with Crippen molar-refractivity contribution in [1.82, 2.24) is 29.1 Å². The number of amides is 3. The molecule has 3 aliphatic rings. The minimum Gasteiger partial charge on any atom is -0.493 e. The third-order valence-corrected chi connectivity index (χ3v) is 32.5. The Morgan fingerprint density at radius 1 is 0.365 bits per heavy atom. The van der Waals surface area contributed by atoms with E-state index in [4.69, 9.17) is 47.8 Å². The van der Waals surface area contributed by atoms with Crippen molar-refractivity contribution in [3.63, 3.8) is 0 Å². The van der Waals surface area contributed by atoms with Crippen LogP contribution in [0.3, 0.4) is 0 Å². The van der Waals surface area contributed by atoms with Gasteiger partial charge in [0.25, 0.3) is 47.8 Å². The molecule has 3 aliphatic heterocycles. The number of anilines is 4. The first-order chi connectivity index (χ1) is 64.6. The fourth-order valence-corrected chi connectivity index (χ4v) is 26.6. The van der Waals surface area contributed by atoms with E-state index in [-0.39, 0.29) is 72.6 Å². The number of fused-ring (bicyclic) bond motifs is 6. The number of thiophene rings is 2. The van der Waals surface area contributed by atoms with Crippen LogP contribution in [0.1, 0.15) is 186 Å². The number of aryl methyl sites for hydroxylation is 6. The minimum atomic E-state index is -4.75. The van der Waals surface area contributed by atoms with Crippen LogP contribution < -0.4 is 39.0 Å². The molecular formula is C108H112N8O16S5. The quantitative estimate of drug-likeness (QED) is 0.0355. The van der Waals surface area contributed by atoms with Crippen molar-refractivity contribution in [1.29, 1.82) is 0 Å². The van der Waals surface area contributed by atoms with Crippen LogP contribution in [0.4, 0.5) is 22.7 Å². The van der Waals surface area contributed by atoms with E-state index in [1.54, 1.807) is 90.2 Å². The monoisotopic (exact) mass is 1940 g/mol. The van der Waals surface area contributed by atoms with Gasteiger partial charge in [-0.3, -0.25) is 14.4 Å². The van der Waals surface area contributed by atoms with Crippen molar-refractivity contribution in [3.8, 4) is 49.8 Å². The van der Waals surface area contributed by atoms with Crippen molar-refractivity contribution >= 4 is 157 Å². The Morgan fingerprint density at radius 2 is 0.715 bits per heavy atom. The van der Waals surface area contributed by atoms with Gasteiger partial charge in [0.2, 0.25) is 0 Å². The first-order valence-electron chi connectivity index (χ1n) is 46.0. The number of hydrogen-bond donors (Lipinski definition) is 5. The average molecular weight is 1940 g/mol. The molecule has 3 amide bonds. The highest BCUT2D eigenvalue weighted by Crippen LogP contribution is 2.50. The average Bonchev–Trinajstić information content (AvgIpc) is 1.73. The molecule has 24 nitrogen and oxygen atoms in total. The second-order valence-electron chi connectivity index (χ2n) is 40.5. The maximum atomic E-state index is 15.7. The molecule has 710 valence electrons. The van der Waals surface area contributed by atoms with Crippen LogP contribution in [0.15, 0.2) is 213 Å². The predicted octanol–water partition coefficient (Wildman–Crippen LogP) is 24.3. The third kappa shape index (κ3) is 19.6. The molecule has 0 bridgehead atoms. The molecule has 137 heavy (non-hydrogen) atoms. The Morgan fingerprint density at radius 3 is 1.15 bits per heavy atom. The van der Waals surface area contributed by atoms with Gasteiger partial charge in [-0.25, -0.2) is 54.4 Å². The summed E-state index contributed by atoms with van der Waals surface area (Å²) in [5.74, 6) is -1.27. The summed E-state index contributed by atoms with van der Waals surface area (Å²) in [6.45, 7) is 37.0. The molecule has 15 aromatic rings. The number of carbonyl (C=O) groups is 3. The molecule has 3 saturated heterocycles. The van der Waals surface area contributed by atoms with Gasteiger partial charge in [0, 0.05) is 48.5 Å². The van der Waals surface area contributed by atoms with E-state index in [1.807, 2.05) is 142 Å². The zero-order chi connectivity index (χ0) is 97.3. The summed E-state index contributed by atoms with van der Waals surface area (Å²) in [7, 11) is -13.8. The zero-order valence-electron chi connectivity index (χ0n) is 80.0. The van der Waals surface area contributed by atoms with Gasteiger partial charge in [0.15, 0.2) is 5.76 Å². The summed E-state index contributed by atoms with van der Waals surface area (Å²) in [5.41, 5.74) is 6.31. The van der Waals surface area contributed by atoms with E-state index in [0.717, 1.165) is 67.4 Å². The normalized spacial score (nSPS) is 16.7. The second-order valence-corrected chi connectivity index (χ2v) is 47.7. The number of nitrogens with one attached hydrogen (secondary N) is 5. The van der Waals surface area contributed by atoms with E-state index in [9.17, 15) is 13.2 Å². The third-order valence-electron chi connectivity index (χ3n) is 25.9. The lowest BCUT2D eigenvalue weighted by Gasteiger charge is -2.45. The summed E-state index contributed by atoms with van der Waals surface area (Å²) in [6, 6.07) is 54.7. The van der Waals surface area contributed by atoms with Gasteiger partial charge in [-0.2, -0.15) is 0 Å². The van der Waals surface area contributed by atoms with Gasteiger partial charge in [-0.15, -0.1) is 22.7 Å². The number of benzene rings is 9. The maximum Gasteiger partial charge on any atom is 0.265 e. The summed E-state index contributed by atoms with van der Waals surface area (Å²) >= 11 is 2.95. The first-order valence-corrected chi connectivity index (χ1v) is 52.1. The molecular weight excluding hydrogens is 1830 g/mol. The van der Waals surface area contributed by atoms with E-state index < -0.39 is 81.4 Å². The Bertz CT molecular complexity index is 7760. The van der Waals surface area contributed by atoms with Crippen LogP contribution in [0, 0.1) is 59.3 Å². The Labute approximate surface area is 806 Å². The number of furan rings is 1. The molecule has 6 aromatic heterocycles. The van der Waals surface area contributed by atoms with E-state index in [2.05, 4.69) is 80.2 Å².